The van der Waals surface area contributed by atoms with E-state index >= 15 is 0 Å². The van der Waals surface area contributed by atoms with Gasteiger partial charge in [-0.15, -0.1) is 11.3 Å². The van der Waals surface area contributed by atoms with Crippen LogP contribution in [0.5, 0.6) is 0 Å². The molecule has 0 atom stereocenters. The number of hydrogen-bond donors (Lipinski definition) is 1. The van der Waals surface area contributed by atoms with Gasteiger partial charge >= 0.3 is 5.97 Å². The number of hydrogen-bond acceptors (Lipinski definition) is 3. The number of nitrogens with zero attached hydrogens (tertiary/aromatic N) is 1. The van der Waals surface area contributed by atoms with Gasteiger partial charge in [-0.3, -0.25) is 4.79 Å². The molecule has 100 valence electrons. The van der Waals surface area contributed by atoms with Crippen molar-refractivity contribution in [1.29, 1.82) is 0 Å². The maximum absolute atomic E-state index is 13.8. The van der Waals surface area contributed by atoms with Crippen LogP contribution in [0.25, 0.3) is 11.3 Å². The number of benzene rings is 1. The van der Waals surface area contributed by atoms with E-state index < -0.39 is 11.4 Å². The zero-order valence-corrected chi connectivity index (χ0v) is 12.7. The molecular weight excluding hydrogens is 333 g/mol. The Hall–Kier alpha value is -1.27. The van der Waals surface area contributed by atoms with Gasteiger partial charge in [0, 0.05) is 15.4 Å². The Morgan fingerprint density at radius 1 is 1.47 bits per heavy atom. The molecule has 0 bridgehead atoms. The molecule has 1 heterocycles. The third-order valence-corrected chi connectivity index (χ3v) is 4.44. The minimum Gasteiger partial charge on any atom is -0.481 e. The summed E-state index contributed by atoms with van der Waals surface area (Å²) < 4.78 is 14.5. The van der Waals surface area contributed by atoms with Crippen molar-refractivity contribution in [2.75, 3.05) is 0 Å². The van der Waals surface area contributed by atoms with Crippen LogP contribution in [0.2, 0.25) is 0 Å². The highest BCUT2D eigenvalue weighted by molar-refractivity contribution is 9.10. The fourth-order valence-electron chi connectivity index (χ4n) is 1.47. The van der Waals surface area contributed by atoms with Gasteiger partial charge in [0.15, 0.2) is 0 Å². The largest absolute Gasteiger partial charge is 0.481 e. The highest BCUT2D eigenvalue weighted by Crippen LogP contribution is 2.32. The average Bonchev–Trinajstić information content (AvgIpc) is 2.78. The second kappa shape index (κ2) is 5.02. The lowest BCUT2D eigenvalue weighted by atomic mass is 9.95. The Bertz CT molecular complexity index is 639. The Labute approximate surface area is 122 Å². The van der Waals surface area contributed by atoms with Gasteiger partial charge in [-0.05, 0) is 32.0 Å². The smallest absolute Gasteiger partial charge is 0.316 e. The number of halogens is 2. The molecule has 1 aromatic carbocycles. The van der Waals surface area contributed by atoms with E-state index in [9.17, 15) is 9.18 Å². The molecule has 2 rings (SSSR count). The molecule has 0 saturated carbocycles. The van der Waals surface area contributed by atoms with E-state index in [1.807, 2.05) is 0 Å². The van der Waals surface area contributed by atoms with Crippen LogP contribution in [0.1, 0.15) is 18.9 Å². The van der Waals surface area contributed by atoms with E-state index in [-0.39, 0.29) is 5.82 Å². The van der Waals surface area contributed by atoms with Crippen LogP contribution in [-0.2, 0) is 10.2 Å². The number of rotatable bonds is 3. The quantitative estimate of drug-likeness (QED) is 0.913. The summed E-state index contributed by atoms with van der Waals surface area (Å²) in [5, 5.41) is 11.3. The van der Waals surface area contributed by atoms with E-state index in [4.69, 9.17) is 5.11 Å². The second-order valence-electron chi connectivity index (χ2n) is 4.59. The monoisotopic (exact) mass is 343 g/mol. The molecule has 0 aliphatic carbocycles. The van der Waals surface area contributed by atoms with Gasteiger partial charge in [0.2, 0.25) is 0 Å². The van der Waals surface area contributed by atoms with Crippen molar-refractivity contribution < 1.29 is 14.3 Å². The predicted octanol–water partition coefficient (Wildman–Crippen LogP) is 4.07. The molecule has 0 aliphatic heterocycles. The third kappa shape index (κ3) is 2.69. The summed E-state index contributed by atoms with van der Waals surface area (Å²) in [6.07, 6.45) is 0. The summed E-state index contributed by atoms with van der Waals surface area (Å²) >= 11 is 4.41. The topological polar surface area (TPSA) is 50.2 Å². The Morgan fingerprint density at radius 3 is 2.74 bits per heavy atom. The third-order valence-electron chi connectivity index (χ3n) is 2.78. The lowest BCUT2D eigenvalue weighted by Gasteiger charge is -2.15. The van der Waals surface area contributed by atoms with Crippen molar-refractivity contribution in [1.82, 2.24) is 4.98 Å². The fraction of sp³-hybridized carbons (Fsp3) is 0.231. The predicted molar refractivity (Wildman–Crippen MR) is 75.9 cm³/mol. The van der Waals surface area contributed by atoms with Gasteiger partial charge < -0.3 is 5.11 Å². The standard InChI is InChI=1S/C13H11BrFNO2S/c1-13(2,12(17)18)11-16-10(6-19-11)8-4-3-7(14)5-9(8)15/h3-6H,1-2H3,(H,17,18). The molecule has 0 spiro atoms. The number of carbonyl (C=O) groups is 1. The first-order chi connectivity index (χ1) is 8.82. The van der Waals surface area contributed by atoms with Gasteiger partial charge in [0.05, 0.1) is 5.69 Å². The highest BCUT2D eigenvalue weighted by atomic mass is 79.9. The lowest BCUT2D eigenvalue weighted by Crippen LogP contribution is -2.28. The van der Waals surface area contributed by atoms with Crippen LogP contribution in [0.3, 0.4) is 0 Å². The molecule has 6 heteroatoms. The summed E-state index contributed by atoms with van der Waals surface area (Å²) in [6, 6.07) is 4.70. The van der Waals surface area contributed by atoms with Crippen molar-refractivity contribution in [2.24, 2.45) is 0 Å². The van der Waals surface area contributed by atoms with E-state index in [2.05, 4.69) is 20.9 Å². The molecule has 0 fully saturated rings. The van der Waals surface area contributed by atoms with Gasteiger partial charge in [-0.25, -0.2) is 9.37 Å². The summed E-state index contributed by atoms with van der Waals surface area (Å²) in [4.78, 5) is 15.4. The maximum Gasteiger partial charge on any atom is 0.316 e. The molecule has 0 radical (unpaired) electrons. The van der Waals surface area contributed by atoms with Crippen LogP contribution >= 0.6 is 27.3 Å². The Morgan fingerprint density at radius 2 is 2.16 bits per heavy atom. The maximum atomic E-state index is 13.8. The summed E-state index contributed by atoms with van der Waals surface area (Å²) in [5.74, 6) is -1.34. The molecule has 19 heavy (non-hydrogen) atoms. The highest BCUT2D eigenvalue weighted by Gasteiger charge is 2.33. The number of aromatic nitrogens is 1. The summed E-state index contributed by atoms with van der Waals surface area (Å²) in [6.45, 7) is 3.16. The fourth-order valence-corrected chi connectivity index (χ4v) is 2.74. The van der Waals surface area contributed by atoms with Crippen LogP contribution in [0.15, 0.2) is 28.1 Å². The van der Waals surface area contributed by atoms with Gasteiger partial charge in [-0.1, -0.05) is 15.9 Å². The summed E-state index contributed by atoms with van der Waals surface area (Å²) in [5.41, 5.74) is -0.249. The molecule has 0 saturated heterocycles. The molecule has 1 aromatic heterocycles. The molecule has 1 N–H and O–H groups in total. The first-order valence-corrected chi connectivity index (χ1v) is 7.14. The average molecular weight is 344 g/mol. The van der Waals surface area contributed by atoms with E-state index in [0.717, 1.165) is 0 Å². The van der Waals surface area contributed by atoms with Crippen molar-refractivity contribution in [3.8, 4) is 11.3 Å². The number of carboxylic acid groups (broad SMARTS) is 1. The minimum absolute atomic E-state index is 0.367. The van der Waals surface area contributed by atoms with E-state index in [1.54, 1.807) is 31.4 Å². The molecule has 2 aromatic rings. The van der Waals surface area contributed by atoms with Gasteiger partial charge in [-0.2, -0.15) is 0 Å². The first kappa shape index (κ1) is 14.1. The van der Waals surface area contributed by atoms with Crippen molar-refractivity contribution in [3.63, 3.8) is 0 Å². The molecule has 0 aliphatic rings. The molecule has 3 nitrogen and oxygen atoms in total. The van der Waals surface area contributed by atoms with E-state index in [0.29, 0.717) is 20.7 Å². The van der Waals surface area contributed by atoms with Crippen molar-refractivity contribution in [2.45, 2.75) is 19.3 Å². The SMILES string of the molecule is CC(C)(C(=O)O)c1nc(-c2ccc(Br)cc2F)cs1. The number of carboxylic acids is 1. The normalized spacial score (nSPS) is 11.6. The zero-order chi connectivity index (χ0) is 14.2. The number of thiazole rings is 1. The van der Waals surface area contributed by atoms with Crippen LogP contribution in [-0.4, -0.2) is 16.1 Å². The van der Waals surface area contributed by atoms with E-state index in [1.165, 1.54) is 17.4 Å². The van der Waals surface area contributed by atoms with Crippen LogP contribution in [0, 0.1) is 5.82 Å². The Balaban J connectivity index is 2.44. The van der Waals surface area contributed by atoms with Gasteiger partial charge in [0.1, 0.15) is 16.2 Å². The Kier molecular flexibility index (Phi) is 3.73. The van der Waals surface area contributed by atoms with Crippen molar-refractivity contribution >= 4 is 33.2 Å². The minimum atomic E-state index is -1.07. The van der Waals surface area contributed by atoms with Crippen LogP contribution in [0.4, 0.5) is 4.39 Å². The lowest BCUT2D eigenvalue weighted by molar-refractivity contribution is -0.142. The zero-order valence-electron chi connectivity index (χ0n) is 10.3. The molecule has 0 unspecified atom stereocenters. The molecular formula is C13H11BrFNO2S. The first-order valence-electron chi connectivity index (χ1n) is 5.47. The van der Waals surface area contributed by atoms with Crippen LogP contribution < -0.4 is 0 Å². The van der Waals surface area contributed by atoms with Gasteiger partial charge in [0.25, 0.3) is 0 Å². The summed E-state index contributed by atoms with van der Waals surface area (Å²) in [7, 11) is 0. The molecule has 0 amide bonds. The number of aliphatic carboxylic acids is 1. The second-order valence-corrected chi connectivity index (χ2v) is 6.37. The van der Waals surface area contributed by atoms with Crippen molar-refractivity contribution in [3.05, 3.63) is 38.9 Å².